The van der Waals surface area contributed by atoms with Gasteiger partial charge in [0.05, 0.1) is 7.11 Å². The van der Waals surface area contributed by atoms with Gasteiger partial charge in [-0.3, -0.25) is 4.79 Å². The van der Waals surface area contributed by atoms with Crippen molar-refractivity contribution in [1.82, 2.24) is 5.32 Å². The van der Waals surface area contributed by atoms with Crippen LogP contribution in [0.3, 0.4) is 0 Å². The van der Waals surface area contributed by atoms with E-state index in [1.165, 1.54) is 12.7 Å². The molecule has 0 atom stereocenters. The van der Waals surface area contributed by atoms with E-state index in [9.17, 15) is 9.59 Å². The standard InChI is InChI=1S/C20H23NO4S/c1-24-18-13-16(26-2)10-11-17(18)20(23)25-14-19(22)21-12-6-9-15-7-4-3-5-8-15/h3-5,7-8,10-11,13H,6,9,12,14H2,1-2H3,(H,21,22). The van der Waals surface area contributed by atoms with Gasteiger partial charge in [-0.25, -0.2) is 4.79 Å². The van der Waals surface area contributed by atoms with Crippen LogP contribution in [0.2, 0.25) is 0 Å². The second kappa shape index (κ2) is 10.5. The lowest BCUT2D eigenvalue weighted by Crippen LogP contribution is -2.29. The highest BCUT2D eigenvalue weighted by atomic mass is 32.2. The van der Waals surface area contributed by atoms with Gasteiger partial charge in [0, 0.05) is 11.4 Å². The SMILES string of the molecule is COc1cc(SC)ccc1C(=O)OCC(=O)NCCCc1ccccc1. The Morgan fingerprint density at radius 2 is 1.88 bits per heavy atom. The lowest BCUT2D eigenvalue weighted by Gasteiger charge is -2.10. The molecule has 1 N–H and O–H groups in total. The first-order valence-corrected chi connectivity index (χ1v) is 9.56. The summed E-state index contributed by atoms with van der Waals surface area (Å²) in [5.41, 5.74) is 1.54. The molecule has 2 rings (SSSR count). The summed E-state index contributed by atoms with van der Waals surface area (Å²) in [5.74, 6) is -0.454. The van der Waals surface area contributed by atoms with Crippen LogP contribution in [0.5, 0.6) is 5.75 Å². The Morgan fingerprint density at radius 3 is 2.58 bits per heavy atom. The van der Waals surface area contributed by atoms with E-state index in [1.54, 1.807) is 23.9 Å². The van der Waals surface area contributed by atoms with E-state index in [0.29, 0.717) is 17.9 Å². The molecule has 2 aromatic rings. The predicted molar refractivity (Wildman–Crippen MR) is 103 cm³/mol. The van der Waals surface area contributed by atoms with Crippen molar-refractivity contribution in [1.29, 1.82) is 0 Å². The summed E-state index contributed by atoms with van der Waals surface area (Å²) in [6.45, 7) is 0.231. The first-order valence-electron chi connectivity index (χ1n) is 8.34. The molecule has 138 valence electrons. The van der Waals surface area contributed by atoms with Crippen LogP contribution in [0.4, 0.5) is 0 Å². The zero-order chi connectivity index (χ0) is 18.8. The number of benzene rings is 2. The number of esters is 1. The smallest absolute Gasteiger partial charge is 0.342 e. The largest absolute Gasteiger partial charge is 0.496 e. The minimum absolute atomic E-state index is 0.308. The summed E-state index contributed by atoms with van der Waals surface area (Å²) in [4.78, 5) is 25.0. The average Bonchev–Trinajstić information content (AvgIpc) is 2.69. The quantitative estimate of drug-likeness (QED) is 0.415. The fourth-order valence-electron chi connectivity index (χ4n) is 2.39. The lowest BCUT2D eigenvalue weighted by molar-refractivity contribution is -0.124. The molecule has 0 bridgehead atoms. The van der Waals surface area contributed by atoms with Crippen LogP contribution >= 0.6 is 11.8 Å². The second-order valence-electron chi connectivity index (χ2n) is 5.58. The van der Waals surface area contributed by atoms with Crippen molar-refractivity contribution in [3.8, 4) is 5.75 Å². The fraction of sp³-hybridized carbons (Fsp3) is 0.300. The molecule has 0 saturated heterocycles. The maximum atomic E-state index is 12.2. The van der Waals surface area contributed by atoms with Gasteiger partial charge in [-0.05, 0) is 42.9 Å². The van der Waals surface area contributed by atoms with E-state index in [2.05, 4.69) is 17.4 Å². The number of amides is 1. The Morgan fingerprint density at radius 1 is 1.12 bits per heavy atom. The number of carbonyl (C=O) groups is 2. The van der Waals surface area contributed by atoms with Crippen LogP contribution in [-0.4, -0.2) is 38.4 Å². The first kappa shape index (κ1) is 19.8. The molecule has 2 aromatic carbocycles. The van der Waals surface area contributed by atoms with E-state index >= 15 is 0 Å². The van der Waals surface area contributed by atoms with Gasteiger partial charge in [0.2, 0.25) is 0 Å². The average molecular weight is 373 g/mol. The molecule has 5 nitrogen and oxygen atoms in total. The van der Waals surface area contributed by atoms with E-state index in [4.69, 9.17) is 9.47 Å². The van der Waals surface area contributed by atoms with Gasteiger partial charge in [0.25, 0.3) is 5.91 Å². The normalized spacial score (nSPS) is 10.2. The number of rotatable bonds is 9. The van der Waals surface area contributed by atoms with Gasteiger partial charge >= 0.3 is 5.97 Å². The van der Waals surface area contributed by atoms with Crippen LogP contribution in [0.15, 0.2) is 53.4 Å². The van der Waals surface area contributed by atoms with Gasteiger partial charge in [-0.2, -0.15) is 0 Å². The maximum absolute atomic E-state index is 12.2. The van der Waals surface area contributed by atoms with Crippen LogP contribution < -0.4 is 10.1 Å². The van der Waals surface area contributed by atoms with Crippen molar-refractivity contribution in [2.75, 3.05) is 26.5 Å². The van der Waals surface area contributed by atoms with Gasteiger partial charge in [0.1, 0.15) is 11.3 Å². The molecule has 1 amide bonds. The minimum atomic E-state index is -0.575. The highest BCUT2D eigenvalue weighted by Gasteiger charge is 2.15. The van der Waals surface area contributed by atoms with Crippen molar-refractivity contribution >= 4 is 23.6 Å². The summed E-state index contributed by atoms with van der Waals surface area (Å²) in [5, 5.41) is 2.76. The zero-order valence-electron chi connectivity index (χ0n) is 15.0. The molecule has 0 fully saturated rings. The summed E-state index contributed by atoms with van der Waals surface area (Å²) < 4.78 is 10.3. The fourth-order valence-corrected chi connectivity index (χ4v) is 2.82. The molecular formula is C20H23NO4S. The van der Waals surface area contributed by atoms with Crippen molar-refractivity contribution in [3.63, 3.8) is 0 Å². The Bertz CT molecular complexity index is 734. The number of aryl methyl sites for hydroxylation is 1. The molecule has 0 spiro atoms. The van der Waals surface area contributed by atoms with Crippen LogP contribution in [0, 0.1) is 0 Å². The third-order valence-corrected chi connectivity index (χ3v) is 4.50. The molecule has 26 heavy (non-hydrogen) atoms. The van der Waals surface area contributed by atoms with Crippen LogP contribution in [0.1, 0.15) is 22.3 Å². The second-order valence-corrected chi connectivity index (χ2v) is 6.46. The molecule has 6 heteroatoms. The van der Waals surface area contributed by atoms with Crippen LogP contribution in [-0.2, 0) is 16.0 Å². The number of hydrogen-bond acceptors (Lipinski definition) is 5. The summed E-state index contributed by atoms with van der Waals surface area (Å²) in [6.07, 6.45) is 3.66. The minimum Gasteiger partial charge on any atom is -0.496 e. The summed E-state index contributed by atoms with van der Waals surface area (Å²) in [6, 6.07) is 15.3. The van der Waals surface area contributed by atoms with Crippen molar-refractivity contribution < 1.29 is 19.1 Å². The monoisotopic (exact) mass is 373 g/mol. The highest BCUT2D eigenvalue weighted by molar-refractivity contribution is 7.98. The Balaban J connectivity index is 1.74. The Hall–Kier alpha value is -2.47. The number of methoxy groups -OCH3 is 1. The maximum Gasteiger partial charge on any atom is 0.342 e. The number of carbonyl (C=O) groups excluding carboxylic acids is 2. The summed E-state index contributed by atoms with van der Waals surface area (Å²) >= 11 is 1.55. The third-order valence-electron chi connectivity index (χ3n) is 3.77. The molecule has 0 aromatic heterocycles. The molecule has 0 aliphatic heterocycles. The van der Waals surface area contributed by atoms with Gasteiger partial charge in [-0.15, -0.1) is 11.8 Å². The summed E-state index contributed by atoms with van der Waals surface area (Å²) in [7, 11) is 1.50. The Labute approximate surface area is 158 Å². The predicted octanol–water partition coefficient (Wildman–Crippen LogP) is 3.32. The van der Waals surface area contributed by atoms with Crippen molar-refractivity contribution in [2.45, 2.75) is 17.7 Å². The highest BCUT2D eigenvalue weighted by Crippen LogP contribution is 2.25. The lowest BCUT2D eigenvalue weighted by atomic mass is 10.1. The van der Waals surface area contributed by atoms with E-state index in [-0.39, 0.29) is 12.5 Å². The van der Waals surface area contributed by atoms with Gasteiger partial charge in [-0.1, -0.05) is 30.3 Å². The third kappa shape index (κ3) is 6.11. The molecular weight excluding hydrogens is 350 g/mol. The number of hydrogen-bond donors (Lipinski definition) is 1. The van der Waals surface area contributed by atoms with E-state index in [1.807, 2.05) is 30.5 Å². The molecule has 0 unspecified atom stereocenters. The molecule has 0 aliphatic carbocycles. The molecule has 0 saturated carbocycles. The molecule has 0 heterocycles. The Kier molecular flexibility index (Phi) is 8.02. The van der Waals surface area contributed by atoms with Crippen molar-refractivity contribution in [2.24, 2.45) is 0 Å². The number of nitrogens with one attached hydrogen (secondary N) is 1. The van der Waals surface area contributed by atoms with E-state index < -0.39 is 5.97 Å². The van der Waals surface area contributed by atoms with Crippen LogP contribution in [0.25, 0.3) is 0 Å². The topological polar surface area (TPSA) is 64.6 Å². The number of ether oxygens (including phenoxy) is 2. The van der Waals surface area contributed by atoms with Crippen molar-refractivity contribution in [3.05, 3.63) is 59.7 Å². The van der Waals surface area contributed by atoms with Gasteiger partial charge in [0.15, 0.2) is 6.61 Å². The van der Waals surface area contributed by atoms with Gasteiger partial charge < -0.3 is 14.8 Å². The molecule has 0 aliphatic rings. The zero-order valence-corrected chi connectivity index (χ0v) is 15.8. The van der Waals surface area contributed by atoms with E-state index in [0.717, 1.165) is 17.7 Å². The first-order chi connectivity index (χ1) is 12.6. The molecule has 0 radical (unpaired) electrons. The number of thioether (sulfide) groups is 1.